The quantitative estimate of drug-likeness (QED) is 0.610. The van der Waals surface area contributed by atoms with Gasteiger partial charge in [0.1, 0.15) is 5.82 Å². The summed E-state index contributed by atoms with van der Waals surface area (Å²) >= 11 is 1.66. The fourth-order valence-electron chi connectivity index (χ4n) is 3.36. The highest BCUT2D eigenvalue weighted by molar-refractivity contribution is 7.98. The summed E-state index contributed by atoms with van der Waals surface area (Å²) in [6.07, 6.45) is 3.75. The van der Waals surface area contributed by atoms with E-state index in [0.717, 1.165) is 23.4 Å². The summed E-state index contributed by atoms with van der Waals surface area (Å²) in [5.74, 6) is 0.603. The lowest BCUT2D eigenvalue weighted by molar-refractivity contribution is 0.184. The van der Waals surface area contributed by atoms with Crippen LogP contribution in [0.4, 0.5) is 14.9 Å². The maximum atomic E-state index is 13.1. The molecule has 1 unspecified atom stereocenters. The van der Waals surface area contributed by atoms with E-state index in [-0.39, 0.29) is 17.8 Å². The molecule has 29 heavy (non-hydrogen) atoms. The summed E-state index contributed by atoms with van der Waals surface area (Å²) in [6.45, 7) is 1.20. The van der Waals surface area contributed by atoms with Crippen molar-refractivity contribution in [1.29, 1.82) is 0 Å². The summed E-state index contributed by atoms with van der Waals surface area (Å²) < 4.78 is 18.5. The van der Waals surface area contributed by atoms with Gasteiger partial charge in [0, 0.05) is 29.2 Å². The lowest BCUT2D eigenvalue weighted by atomic mass is 9.98. The van der Waals surface area contributed by atoms with Crippen molar-refractivity contribution in [2.45, 2.75) is 23.7 Å². The number of hydrogen-bond acceptors (Lipinski definition) is 5. The van der Waals surface area contributed by atoms with Crippen LogP contribution < -0.4 is 5.32 Å². The molecule has 150 valence electrons. The fraction of sp³-hybridized carbons (Fsp3) is 0.286. The first-order valence-electron chi connectivity index (χ1n) is 9.42. The zero-order valence-electron chi connectivity index (χ0n) is 16.0. The molecule has 6 nitrogen and oxygen atoms in total. The average Bonchev–Trinajstić information content (AvgIpc) is 3.25. The molecular weight excluding hydrogens is 391 g/mol. The molecule has 0 aliphatic carbocycles. The number of benzene rings is 2. The topological polar surface area (TPSA) is 71.3 Å². The number of anilines is 1. The highest BCUT2D eigenvalue weighted by Gasteiger charge is 2.28. The second-order valence-electron chi connectivity index (χ2n) is 6.91. The van der Waals surface area contributed by atoms with Gasteiger partial charge in [-0.1, -0.05) is 5.16 Å². The first kappa shape index (κ1) is 19.4. The molecule has 1 aliphatic rings. The summed E-state index contributed by atoms with van der Waals surface area (Å²) in [7, 11) is 0. The van der Waals surface area contributed by atoms with Gasteiger partial charge in [0.2, 0.25) is 11.7 Å². The Labute approximate surface area is 172 Å². The van der Waals surface area contributed by atoms with Gasteiger partial charge in [-0.2, -0.15) is 4.98 Å². The van der Waals surface area contributed by atoms with E-state index in [1.165, 1.54) is 12.1 Å². The third-order valence-electron chi connectivity index (χ3n) is 4.94. The molecule has 4 rings (SSSR count). The highest BCUT2D eigenvalue weighted by Crippen LogP contribution is 2.28. The monoisotopic (exact) mass is 412 g/mol. The first-order chi connectivity index (χ1) is 14.1. The molecule has 1 saturated heterocycles. The number of halogens is 1. The Hall–Kier alpha value is -2.87. The third-order valence-corrected chi connectivity index (χ3v) is 5.69. The van der Waals surface area contributed by atoms with E-state index in [1.54, 1.807) is 28.8 Å². The van der Waals surface area contributed by atoms with Crippen LogP contribution >= 0.6 is 11.8 Å². The molecule has 0 bridgehead atoms. The number of piperidine rings is 1. The van der Waals surface area contributed by atoms with Crippen molar-refractivity contribution in [3.05, 3.63) is 60.2 Å². The zero-order chi connectivity index (χ0) is 20.2. The minimum absolute atomic E-state index is 0.0185. The second-order valence-corrected chi connectivity index (χ2v) is 7.79. The van der Waals surface area contributed by atoms with Crippen LogP contribution in [0.1, 0.15) is 24.7 Å². The van der Waals surface area contributed by atoms with Gasteiger partial charge in [0.25, 0.3) is 0 Å². The lowest BCUT2D eigenvalue weighted by Gasteiger charge is -2.31. The number of amides is 2. The van der Waals surface area contributed by atoms with Gasteiger partial charge in [-0.25, -0.2) is 9.18 Å². The molecule has 3 aromatic rings. The predicted octanol–water partition coefficient (Wildman–Crippen LogP) is 5.01. The van der Waals surface area contributed by atoms with Crippen molar-refractivity contribution >= 4 is 23.5 Å². The number of hydrogen-bond donors (Lipinski definition) is 1. The molecule has 8 heteroatoms. The molecule has 0 spiro atoms. The van der Waals surface area contributed by atoms with Crippen LogP contribution in [-0.4, -0.2) is 40.4 Å². The van der Waals surface area contributed by atoms with Crippen molar-refractivity contribution in [3.63, 3.8) is 0 Å². The predicted molar refractivity (Wildman–Crippen MR) is 110 cm³/mol. The van der Waals surface area contributed by atoms with Gasteiger partial charge in [0.15, 0.2) is 0 Å². The summed E-state index contributed by atoms with van der Waals surface area (Å²) in [5, 5.41) is 6.96. The van der Waals surface area contributed by atoms with E-state index < -0.39 is 0 Å². The standard InChI is InChI=1S/C21H21FN4O2S/c1-29-18-10-8-17(9-11-18)23-21(27)26-12-2-3-15(13-26)20-24-19(25-28-20)14-4-6-16(22)7-5-14/h4-11,15H,2-3,12-13H2,1H3,(H,23,27). The summed E-state index contributed by atoms with van der Waals surface area (Å²) in [6, 6.07) is 13.6. The molecule has 1 fully saturated rings. The molecule has 1 N–H and O–H groups in total. The molecule has 1 aliphatic heterocycles. The maximum absolute atomic E-state index is 13.1. The maximum Gasteiger partial charge on any atom is 0.321 e. The van der Waals surface area contributed by atoms with E-state index in [9.17, 15) is 9.18 Å². The van der Waals surface area contributed by atoms with Crippen molar-refractivity contribution in [2.24, 2.45) is 0 Å². The van der Waals surface area contributed by atoms with Crippen molar-refractivity contribution in [1.82, 2.24) is 15.0 Å². The lowest BCUT2D eigenvalue weighted by Crippen LogP contribution is -2.41. The minimum atomic E-state index is -0.311. The molecule has 0 saturated carbocycles. The number of rotatable bonds is 4. The molecule has 0 radical (unpaired) electrons. The Morgan fingerprint density at radius 2 is 1.97 bits per heavy atom. The van der Waals surface area contributed by atoms with Crippen LogP contribution in [0.3, 0.4) is 0 Å². The number of carbonyl (C=O) groups excluding carboxylic acids is 1. The normalized spacial score (nSPS) is 16.6. The van der Waals surface area contributed by atoms with Crippen LogP contribution in [0.2, 0.25) is 0 Å². The van der Waals surface area contributed by atoms with Gasteiger partial charge in [-0.15, -0.1) is 11.8 Å². The second kappa shape index (κ2) is 8.65. The summed E-state index contributed by atoms with van der Waals surface area (Å²) in [5.41, 5.74) is 1.46. The zero-order valence-corrected chi connectivity index (χ0v) is 16.8. The van der Waals surface area contributed by atoms with E-state index >= 15 is 0 Å². The van der Waals surface area contributed by atoms with Crippen molar-refractivity contribution < 1.29 is 13.7 Å². The Morgan fingerprint density at radius 1 is 1.21 bits per heavy atom. The molecule has 2 heterocycles. The molecule has 2 amide bonds. The van der Waals surface area contributed by atoms with Gasteiger partial charge in [0.05, 0.1) is 5.92 Å². The number of likely N-dealkylation sites (tertiary alicyclic amines) is 1. The SMILES string of the molecule is CSc1ccc(NC(=O)N2CCCC(c3nc(-c4ccc(F)cc4)no3)C2)cc1. The van der Waals surface area contributed by atoms with Crippen LogP contribution in [0.5, 0.6) is 0 Å². The van der Waals surface area contributed by atoms with Crippen LogP contribution in [0.15, 0.2) is 57.9 Å². The average molecular weight is 412 g/mol. The largest absolute Gasteiger partial charge is 0.339 e. The molecule has 1 aromatic heterocycles. The Kier molecular flexibility index (Phi) is 5.80. The number of carbonyl (C=O) groups is 1. The van der Waals surface area contributed by atoms with E-state index in [0.29, 0.717) is 30.4 Å². The number of nitrogens with one attached hydrogen (secondary N) is 1. The fourth-order valence-corrected chi connectivity index (χ4v) is 3.77. The van der Waals surface area contributed by atoms with E-state index in [1.807, 2.05) is 30.5 Å². The van der Waals surface area contributed by atoms with Gasteiger partial charge < -0.3 is 14.7 Å². The highest BCUT2D eigenvalue weighted by atomic mass is 32.2. The third kappa shape index (κ3) is 4.59. The Balaban J connectivity index is 1.41. The van der Waals surface area contributed by atoms with Crippen LogP contribution in [-0.2, 0) is 0 Å². The van der Waals surface area contributed by atoms with Crippen molar-refractivity contribution in [2.75, 3.05) is 24.7 Å². The van der Waals surface area contributed by atoms with E-state index in [4.69, 9.17) is 4.52 Å². The molecule has 2 aromatic carbocycles. The van der Waals surface area contributed by atoms with Gasteiger partial charge >= 0.3 is 6.03 Å². The summed E-state index contributed by atoms with van der Waals surface area (Å²) in [4.78, 5) is 20.1. The number of urea groups is 1. The molecule has 1 atom stereocenters. The number of thioether (sulfide) groups is 1. The molecular formula is C21H21FN4O2S. The number of aromatic nitrogens is 2. The first-order valence-corrected chi connectivity index (χ1v) is 10.6. The Morgan fingerprint density at radius 3 is 2.69 bits per heavy atom. The minimum Gasteiger partial charge on any atom is -0.339 e. The smallest absolute Gasteiger partial charge is 0.321 e. The van der Waals surface area contributed by atoms with Crippen LogP contribution in [0, 0.1) is 5.82 Å². The van der Waals surface area contributed by atoms with Crippen molar-refractivity contribution in [3.8, 4) is 11.4 Å². The van der Waals surface area contributed by atoms with E-state index in [2.05, 4.69) is 15.5 Å². The van der Waals surface area contributed by atoms with Crippen LogP contribution in [0.25, 0.3) is 11.4 Å². The Bertz CT molecular complexity index is 975. The van der Waals surface area contributed by atoms with Gasteiger partial charge in [-0.3, -0.25) is 0 Å². The van der Waals surface area contributed by atoms with Gasteiger partial charge in [-0.05, 0) is 67.6 Å². The number of nitrogens with zero attached hydrogens (tertiary/aromatic N) is 3.